The standard InChI is InChI=1S/C18H29NO4/c1-3-23-15-11-14(18(15)8-5-9-18)19(2)16(20)12-6-4-7-13(10-12)17(21)22/h12-15H,3-11H2,1-2H3,(H,21,22). The van der Waals surface area contributed by atoms with E-state index in [-0.39, 0.29) is 29.2 Å². The highest BCUT2D eigenvalue weighted by atomic mass is 16.5. The molecule has 1 spiro atoms. The Morgan fingerprint density at radius 3 is 2.43 bits per heavy atom. The Kier molecular flexibility index (Phi) is 4.68. The first-order valence-electron chi connectivity index (χ1n) is 9.10. The molecule has 3 rings (SSSR count). The molecule has 1 amide bonds. The summed E-state index contributed by atoms with van der Waals surface area (Å²) in [5.41, 5.74) is 0.182. The van der Waals surface area contributed by atoms with Gasteiger partial charge in [-0.15, -0.1) is 0 Å². The normalized spacial score (nSPS) is 35.2. The average molecular weight is 323 g/mol. The second kappa shape index (κ2) is 6.42. The number of rotatable bonds is 5. The highest BCUT2D eigenvalue weighted by molar-refractivity contribution is 5.80. The molecule has 3 aliphatic carbocycles. The Labute approximate surface area is 138 Å². The van der Waals surface area contributed by atoms with Gasteiger partial charge >= 0.3 is 5.97 Å². The van der Waals surface area contributed by atoms with E-state index < -0.39 is 5.97 Å². The summed E-state index contributed by atoms with van der Waals surface area (Å²) in [6, 6.07) is 0.283. The van der Waals surface area contributed by atoms with Crippen LogP contribution in [0, 0.1) is 17.3 Å². The fourth-order valence-electron chi connectivity index (χ4n) is 5.03. The molecule has 4 atom stereocenters. The Hall–Kier alpha value is -1.10. The van der Waals surface area contributed by atoms with E-state index >= 15 is 0 Å². The molecule has 3 saturated carbocycles. The van der Waals surface area contributed by atoms with Gasteiger partial charge in [-0.05, 0) is 45.4 Å². The zero-order valence-electron chi connectivity index (χ0n) is 14.3. The Morgan fingerprint density at radius 2 is 1.87 bits per heavy atom. The minimum Gasteiger partial charge on any atom is -0.481 e. The van der Waals surface area contributed by atoms with Crippen molar-refractivity contribution in [2.45, 2.75) is 70.4 Å². The van der Waals surface area contributed by atoms with Gasteiger partial charge in [-0.1, -0.05) is 12.8 Å². The van der Waals surface area contributed by atoms with Crippen LogP contribution in [0.1, 0.15) is 58.3 Å². The van der Waals surface area contributed by atoms with Gasteiger partial charge in [0.15, 0.2) is 0 Å². The predicted molar refractivity (Wildman–Crippen MR) is 86.0 cm³/mol. The molecule has 0 radical (unpaired) electrons. The minimum atomic E-state index is -0.749. The first-order valence-corrected chi connectivity index (χ1v) is 9.10. The maximum absolute atomic E-state index is 12.9. The lowest BCUT2D eigenvalue weighted by molar-refractivity contribution is -0.204. The van der Waals surface area contributed by atoms with Crippen LogP contribution in [0.5, 0.6) is 0 Å². The Balaban J connectivity index is 1.63. The highest BCUT2D eigenvalue weighted by Crippen LogP contribution is 2.59. The summed E-state index contributed by atoms with van der Waals surface area (Å²) in [4.78, 5) is 26.0. The second-order valence-electron chi connectivity index (χ2n) is 7.63. The lowest BCUT2D eigenvalue weighted by Crippen LogP contribution is -2.68. The monoisotopic (exact) mass is 323 g/mol. The second-order valence-corrected chi connectivity index (χ2v) is 7.63. The van der Waals surface area contributed by atoms with E-state index in [4.69, 9.17) is 4.74 Å². The Morgan fingerprint density at radius 1 is 1.17 bits per heavy atom. The fourth-order valence-corrected chi connectivity index (χ4v) is 5.03. The number of hydrogen-bond donors (Lipinski definition) is 1. The van der Waals surface area contributed by atoms with Crippen molar-refractivity contribution in [2.75, 3.05) is 13.7 Å². The average Bonchev–Trinajstić information content (AvgIpc) is 2.48. The largest absolute Gasteiger partial charge is 0.481 e. The van der Waals surface area contributed by atoms with E-state index in [1.165, 1.54) is 6.42 Å². The van der Waals surface area contributed by atoms with Gasteiger partial charge in [-0.3, -0.25) is 9.59 Å². The molecule has 23 heavy (non-hydrogen) atoms. The van der Waals surface area contributed by atoms with Gasteiger partial charge in [0.25, 0.3) is 0 Å². The van der Waals surface area contributed by atoms with Crippen LogP contribution in [-0.2, 0) is 14.3 Å². The molecule has 3 aliphatic rings. The van der Waals surface area contributed by atoms with Gasteiger partial charge in [0.2, 0.25) is 5.91 Å². The first kappa shape index (κ1) is 16.7. The number of carboxylic acids is 1. The third-order valence-corrected chi connectivity index (χ3v) is 6.58. The van der Waals surface area contributed by atoms with Crippen LogP contribution < -0.4 is 0 Å². The van der Waals surface area contributed by atoms with E-state index in [2.05, 4.69) is 0 Å². The molecule has 0 aromatic heterocycles. The van der Waals surface area contributed by atoms with Crippen LogP contribution in [0.2, 0.25) is 0 Å². The summed E-state index contributed by atoms with van der Waals surface area (Å²) in [6.45, 7) is 2.77. The summed E-state index contributed by atoms with van der Waals surface area (Å²) in [5.74, 6) is -1.05. The molecule has 4 unspecified atom stereocenters. The Bertz CT molecular complexity index is 474. The van der Waals surface area contributed by atoms with Crippen molar-refractivity contribution in [1.82, 2.24) is 4.90 Å². The van der Waals surface area contributed by atoms with Gasteiger partial charge in [0.05, 0.1) is 12.0 Å². The van der Waals surface area contributed by atoms with E-state index in [9.17, 15) is 14.7 Å². The van der Waals surface area contributed by atoms with Gasteiger partial charge in [-0.2, -0.15) is 0 Å². The van der Waals surface area contributed by atoms with E-state index in [1.54, 1.807) is 0 Å². The molecule has 0 heterocycles. The summed E-state index contributed by atoms with van der Waals surface area (Å²) in [5, 5.41) is 9.23. The zero-order valence-corrected chi connectivity index (χ0v) is 14.3. The number of amides is 1. The van der Waals surface area contributed by atoms with Gasteiger partial charge in [0.1, 0.15) is 0 Å². The zero-order chi connectivity index (χ0) is 16.6. The topological polar surface area (TPSA) is 66.8 Å². The molecule has 0 bridgehead atoms. The molecule has 0 saturated heterocycles. The number of carbonyl (C=O) groups excluding carboxylic acids is 1. The number of aliphatic carboxylic acids is 1. The maximum atomic E-state index is 12.9. The molecule has 0 aromatic rings. The third kappa shape index (κ3) is 2.77. The van der Waals surface area contributed by atoms with Gasteiger partial charge < -0.3 is 14.7 Å². The number of nitrogens with zero attached hydrogens (tertiary/aromatic N) is 1. The predicted octanol–water partition coefficient (Wildman–Crippen LogP) is 2.68. The maximum Gasteiger partial charge on any atom is 0.306 e. The number of ether oxygens (including phenoxy) is 1. The van der Waals surface area contributed by atoms with E-state index in [1.807, 2.05) is 18.9 Å². The van der Waals surface area contributed by atoms with Crippen molar-refractivity contribution in [1.29, 1.82) is 0 Å². The smallest absolute Gasteiger partial charge is 0.306 e. The van der Waals surface area contributed by atoms with Crippen LogP contribution in [-0.4, -0.2) is 47.7 Å². The lowest BCUT2D eigenvalue weighted by atomic mass is 9.50. The quantitative estimate of drug-likeness (QED) is 0.845. The van der Waals surface area contributed by atoms with Crippen molar-refractivity contribution in [3.8, 4) is 0 Å². The van der Waals surface area contributed by atoms with Crippen molar-refractivity contribution >= 4 is 11.9 Å². The third-order valence-electron chi connectivity index (χ3n) is 6.58. The van der Waals surface area contributed by atoms with Gasteiger partial charge in [-0.25, -0.2) is 0 Å². The molecule has 0 aliphatic heterocycles. The van der Waals surface area contributed by atoms with E-state index in [0.29, 0.717) is 18.9 Å². The SMILES string of the molecule is CCOC1CC(N(C)C(=O)C2CCCC(C(=O)O)C2)C12CCC2. The first-order chi connectivity index (χ1) is 11.0. The number of hydrogen-bond acceptors (Lipinski definition) is 3. The number of carbonyl (C=O) groups is 2. The van der Waals surface area contributed by atoms with Crippen molar-refractivity contribution in [3.63, 3.8) is 0 Å². The molecule has 3 fully saturated rings. The van der Waals surface area contributed by atoms with Crippen molar-refractivity contribution < 1.29 is 19.4 Å². The summed E-state index contributed by atoms with van der Waals surface area (Å²) in [6.07, 6.45) is 7.68. The summed E-state index contributed by atoms with van der Waals surface area (Å²) >= 11 is 0. The van der Waals surface area contributed by atoms with Gasteiger partial charge in [0, 0.05) is 31.0 Å². The molecule has 5 nitrogen and oxygen atoms in total. The van der Waals surface area contributed by atoms with Crippen molar-refractivity contribution in [2.24, 2.45) is 17.3 Å². The summed E-state index contributed by atoms with van der Waals surface area (Å²) < 4.78 is 5.87. The number of carboxylic acid groups (broad SMARTS) is 1. The van der Waals surface area contributed by atoms with E-state index in [0.717, 1.165) is 38.7 Å². The molecule has 1 N–H and O–H groups in total. The molecule has 130 valence electrons. The van der Waals surface area contributed by atoms with Crippen molar-refractivity contribution in [3.05, 3.63) is 0 Å². The molecular formula is C18H29NO4. The molecule has 5 heteroatoms. The van der Waals surface area contributed by atoms with Crippen LogP contribution in [0.3, 0.4) is 0 Å². The van der Waals surface area contributed by atoms with Crippen LogP contribution >= 0.6 is 0 Å². The van der Waals surface area contributed by atoms with Crippen LogP contribution in [0.25, 0.3) is 0 Å². The van der Waals surface area contributed by atoms with Crippen LogP contribution in [0.4, 0.5) is 0 Å². The highest BCUT2D eigenvalue weighted by Gasteiger charge is 2.61. The minimum absolute atomic E-state index is 0.113. The summed E-state index contributed by atoms with van der Waals surface area (Å²) in [7, 11) is 1.92. The lowest BCUT2D eigenvalue weighted by Gasteiger charge is -2.63. The van der Waals surface area contributed by atoms with Crippen LogP contribution in [0.15, 0.2) is 0 Å². The fraction of sp³-hybridized carbons (Fsp3) is 0.889. The molecule has 0 aromatic carbocycles. The molecular weight excluding hydrogens is 294 g/mol.